The Balaban J connectivity index is 1.79. The molecule has 0 fully saturated rings. The fraction of sp³-hybridized carbons (Fsp3) is 0.375. The highest BCUT2D eigenvalue weighted by Crippen LogP contribution is 2.29. The van der Waals surface area contributed by atoms with Crippen LogP contribution < -0.4 is 4.74 Å². The average molecular weight is 398 g/mol. The molecule has 1 aliphatic rings. The summed E-state index contributed by atoms with van der Waals surface area (Å²) in [6.45, 7) is 7.23. The first-order valence-corrected chi connectivity index (χ1v) is 9.85. The van der Waals surface area contributed by atoms with Gasteiger partial charge >= 0.3 is 5.97 Å². The van der Waals surface area contributed by atoms with Crippen molar-refractivity contribution in [2.24, 2.45) is 0 Å². The van der Waals surface area contributed by atoms with E-state index in [0.717, 1.165) is 45.6 Å². The molecule has 154 valence electrons. The average Bonchev–Trinajstić information content (AvgIpc) is 2.70. The van der Waals surface area contributed by atoms with Crippen LogP contribution in [0.2, 0.25) is 0 Å². The lowest BCUT2D eigenvalue weighted by Gasteiger charge is -2.22. The largest absolute Gasteiger partial charge is 0.489 e. The number of carbonyl (C=O) groups is 1. The summed E-state index contributed by atoms with van der Waals surface area (Å²) < 4.78 is 25.8. The molecule has 4 nitrogen and oxygen atoms in total. The van der Waals surface area contributed by atoms with Crippen LogP contribution in [-0.2, 0) is 16.0 Å². The topological polar surface area (TPSA) is 55.8 Å². The van der Waals surface area contributed by atoms with E-state index in [0.29, 0.717) is 31.8 Å². The second kappa shape index (κ2) is 9.23. The van der Waals surface area contributed by atoms with Gasteiger partial charge in [-0.05, 0) is 84.7 Å². The third-order valence-electron chi connectivity index (χ3n) is 5.60. The van der Waals surface area contributed by atoms with Crippen LogP contribution in [0.4, 0.5) is 4.39 Å². The minimum absolute atomic E-state index is 0.115. The van der Waals surface area contributed by atoms with Crippen LogP contribution >= 0.6 is 0 Å². The van der Waals surface area contributed by atoms with Gasteiger partial charge in [-0.25, -0.2) is 4.39 Å². The minimum atomic E-state index is -0.797. The van der Waals surface area contributed by atoms with E-state index in [1.54, 1.807) is 19.1 Å². The van der Waals surface area contributed by atoms with E-state index in [4.69, 9.17) is 14.6 Å². The second-order valence-electron chi connectivity index (χ2n) is 7.50. The molecule has 2 aromatic carbocycles. The standard InChI is InChI=1S/C24H27FO4/c1-15-4-5-19(12-22(15)25)21-14-28-11-10-20(21)13-29-23-8-6-18(7-9-24(26)27)16(2)17(23)3/h4-6,8,12H,7,9-11,13-14H2,1-3H3,(H,26,27). The molecule has 0 saturated heterocycles. The molecule has 5 heteroatoms. The summed E-state index contributed by atoms with van der Waals surface area (Å²) in [6, 6.07) is 9.12. The van der Waals surface area contributed by atoms with Gasteiger partial charge in [0.2, 0.25) is 0 Å². The first-order valence-electron chi connectivity index (χ1n) is 9.85. The number of carboxylic acids is 1. The summed E-state index contributed by atoms with van der Waals surface area (Å²) >= 11 is 0. The van der Waals surface area contributed by atoms with Gasteiger partial charge in [0.05, 0.1) is 13.2 Å². The molecule has 0 aliphatic carbocycles. The highest BCUT2D eigenvalue weighted by Gasteiger charge is 2.17. The molecular formula is C24H27FO4. The SMILES string of the molecule is Cc1ccc(C2=C(COc3ccc(CCC(=O)O)c(C)c3C)CCOC2)cc1F. The van der Waals surface area contributed by atoms with Crippen molar-refractivity contribution in [3.63, 3.8) is 0 Å². The summed E-state index contributed by atoms with van der Waals surface area (Å²) in [6.07, 6.45) is 1.37. The van der Waals surface area contributed by atoms with E-state index in [1.807, 2.05) is 32.0 Å². The zero-order valence-electron chi connectivity index (χ0n) is 17.2. The van der Waals surface area contributed by atoms with E-state index in [1.165, 1.54) is 0 Å². The van der Waals surface area contributed by atoms with Crippen molar-refractivity contribution in [2.75, 3.05) is 19.8 Å². The highest BCUT2D eigenvalue weighted by molar-refractivity contribution is 5.70. The smallest absolute Gasteiger partial charge is 0.303 e. The van der Waals surface area contributed by atoms with Crippen molar-refractivity contribution >= 4 is 11.5 Å². The molecule has 0 bridgehead atoms. The van der Waals surface area contributed by atoms with Crippen molar-refractivity contribution < 1.29 is 23.8 Å². The molecule has 0 aromatic heterocycles. The van der Waals surface area contributed by atoms with Gasteiger partial charge in [-0.2, -0.15) is 0 Å². The summed E-state index contributed by atoms with van der Waals surface area (Å²) in [5.74, 6) is -0.229. The van der Waals surface area contributed by atoms with Crippen molar-refractivity contribution in [1.82, 2.24) is 0 Å². The lowest BCUT2D eigenvalue weighted by molar-refractivity contribution is -0.136. The Morgan fingerprint density at radius 3 is 2.69 bits per heavy atom. The summed E-state index contributed by atoms with van der Waals surface area (Å²) in [5.41, 5.74) is 6.67. The van der Waals surface area contributed by atoms with Crippen molar-refractivity contribution in [3.05, 3.63) is 69.5 Å². The fourth-order valence-electron chi connectivity index (χ4n) is 3.54. The van der Waals surface area contributed by atoms with E-state index >= 15 is 0 Å². The molecule has 2 aromatic rings. The van der Waals surface area contributed by atoms with Gasteiger partial charge < -0.3 is 14.6 Å². The number of benzene rings is 2. The van der Waals surface area contributed by atoms with Crippen LogP contribution in [0.1, 0.15) is 40.7 Å². The lowest BCUT2D eigenvalue weighted by atomic mass is 9.96. The van der Waals surface area contributed by atoms with Crippen LogP contribution in [-0.4, -0.2) is 30.9 Å². The molecule has 0 radical (unpaired) electrons. The molecule has 0 unspecified atom stereocenters. The monoisotopic (exact) mass is 398 g/mol. The number of hydrogen-bond acceptors (Lipinski definition) is 3. The maximum Gasteiger partial charge on any atom is 0.303 e. The van der Waals surface area contributed by atoms with E-state index < -0.39 is 5.97 Å². The number of aryl methyl sites for hydroxylation is 2. The number of ether oxygens (including phenoxy) is 2. The van der Waals surface area contributed by atoms with E-state index in [9.17, 15) is 9.18 Å². The Bertz CT molecular complexity index is 946. The van der Waals surface area contributed by atoms with Gasteiger partial charge in [-0.1, -0.05) is 18.2 Å². The molecule has 0 spiro atoms. The summed E-state index contributed by atoms with van der Waals surface area (Å²) in [4.78, 5) is 10.8. The van der Waals surface area contributed by atoms with Crippen molar-refractivity contribution in [1.29, 1.82) is 0 Å². The maximum atomic E-state index is 14.0. The zero-order valence-corrected chi connectivity index (χ0v) is 17.2. The lowest BCUT2D eigenvalue weighted by Crippen LogP contribution is -2.16. The number of aliphatic carboxylic acids is 1. The quantitative estimate of drug-likeness (QED) is 0.711. The maximum absolute atomic E-state index is 14.0. The Labute approximate surface area is 171 Å². The van der Waals surface area contributed by atoms with Crippen LogP contribution in [0.25, 0.3) is 5.57 Å². The number of rotatable bonds is 7. The molecule has 0 atom stereocenters. The minimum Gasteiger partial charge on any atom is -0.489 e. The van der Waals surface area contributed by atoms with Crippen molar-refractivity contribution in [3.8, 4) is 5.75 Å². The van der Waals surface area contributed by atoms with E-state index in [-0.39, 0.29) is 12.2 Å². The van der Waals surface area contributed by atoms with Gasteiger partial charge in [0.25, 0.3) is 0 Å². The van der Waals surface area contributed by atoms with Crippen LogP contribution in [0.5, 0.6) is 5.75 Å². The molecule has 29 heavy (non-hydrogen) atoms. The molecule has 3 rings (SSSR count). The summed E-state index contributed by atoms with van der Waals surface area (Å²) in [5, 5.41) is 8.91. The first kappa shape index (κ1) is 21.1. The number of halogens is 1. The van der Waals surface area contributed by atoms with Gasteiger partial charge in [-0.15, -0.1) is 0 Å². The second-order valence-corrected chi connectivity index (χ2v) is 7.50. The van der Waals surface area contributed by atoms with Crippen LogP contribution in [0, 0.1) is 26.6 Å². The Kier molecular flexibility index (Phi) is 6.70. The Hall–Kier alpha value is -2.66. The Morgan fingerprint density at radius 1 is 1.17 bits per heavy atom. The third-order valence-corrected chi connectivity index (χ3v) is 5.60. The molecule has 0 saturated carbocycles. The zero-order chi connectivity index (χ0) is 21.0. The van der Waals surface area contributed by atoms with Crippen LogP contribution in [0.3, 0.4) is 0 Å². The summed E-state index contributed by atoms with van der Waals surface area (Å²) in [7, 11) is 0. The normalized spacial score (nSPS) is 14.2. The molecule has 1 N–H and O–H groups in total. The predicted molar refractivity (Wildman–Crippen MR) is 111 cm³/mol. The molecular weight excluding hydrogens is 371 g/mol. The van der Waals surface area contributed by atoms with Gasteiger partial charge in [0.15, 0.2) is 0 Å². The van der Waals surface area contributed by atoms with Gasteiger partial charge in [0, 0.05) is 6.42 Å². The highest BCUT2D eigenvalue weighted by atomic mass is 19.1. The fourth-order valence-corrected chi connectivity index (χ4v) is 3.54. The number of carboxylic acid groups (broad SMARTS) is 1. The molecule has 0 amide bonds. The van der Waals surface area contributed by atoms with Crippen LogP contribution in [0.15, 0.2) is 35.9 Å². The Morgan fingerprint density at radius 2 is 1.97 bits per heavy atom. The van der Waals surface area contributed by atoms with Crippen molar-refractivity contribution in [2.45, 2.75) is 40.0 Å². The third kappa shape index (κ3) is 5.04. The van der Waals surface area contributed by atoms with Gasteiger partial charge in [-0.3, -0.25) is 4.79 Å². The number of hydrogen-bond donors (Lipinski definition) is 1. The molecule has 1 heterocycles. The first-order chi connectivity index (χ1) is 13.9. The predicted octanol–water partition coefficient (Wildman–Crippen LogP) is 5.02. The molecule has 1 aliphatic heterocycles. The van der Waals surface area contributed by atoms with Gasteiger partial charge in [0.1, 0.15) is 18.2 Å². The van der Waals surface area contributed by atoms with E-state index in [2.05, 4.69) is 0 Å².